The van der Waals surface area contributed by atoms with Crippen molar-refractivity contribution in [3.8, 4) is 10.9 Å². The van der Waals surface area contributed by atoms with E-state index in [1.54, 1.807) is 16.2 Å². The van der Waals surface area contributed by atoms with E-state index in [0.717, 1.165) is 23.1 Å². The molecule has 0 saturated carbocycles. The number of hydrogen-bond acceptors (Lipinski definition) is 5. The fourth-order valence-electron chi connectivity index (χ4n) is 3.03. The number of amides is 1. The van der Waals surface area contributed by atoms with Crippen molar-refractivity contribution in [2.45, 2.75) is 18.9 Å². The fourth-order valence-corrected chi connectivity index (χ4v) is 3.92. The zero-order valence-electron chi connectivity index (χ0n) is 14.6. The van der Waals surface area contributed by atoms with Gasteiger partial charge in [-0.25, -0.2) is 9.37 Å². The summed E-state index contributed by atoms with van der Waals surface area (Å²) in [5.74, 6) is 0.0837. The topological polar surface area (TPSA) is 51.7 Å². The van der Waals surface area contributed by atoms with Crippen LogP contribution >= 0.6 is 11.3 Å². The minimum atomic E-state index is -0.330. The van der Waals surface area contributed by atoms with E-state index in [4.69, 9.17) is 9.47 Å². The number of halogens is 1. The summed E-state index contributed by atoms with van der Waals surface area (Å²) in [6.07, 6.45) is 1.59. The van der Waals surface area contributed by atoms with E-state index in [-0.39, 0.29) is 24.4 Å². The third-order valence-electron chi connectivity index (χ3n) is 4.51. The molecule has 0 radical (unpaired) electrons. The number of ether oxygens (including phenoxy) is 2. The number of fused-ring (bicyclic) bond motifs is 1. The summed E-state index contributed by atoms with van der Waals surface area (Å²) in [7, 11) is 0. The van der Waals surface area contributed by atoms with E-state index in [1.165, 1.54) is 24.3 Å². The molecule has 140 valence electrons. The van der Waals surface area contributed by atoms with Crippen LogP contribution in [0.25, 0.3) is 10.2 Å². The molecule has 5 nitrogen and oxygen atoms in total. The number of carbonyl (C=O) groups excluding carboxylic acids is 1. The van der Waals surface area contributed by atoms with E-state index < -0.39 is 0 Å². The third kappa shape index (κ3) is 4.36. The molecule has 1 aliphatic rings. The Labute approximate surface area is 160 Å². The lowest BCUT2D eigenvalue weighted by molar-refractivity contribution is -0.135. The summed E-state index contributed by atoms with van der Waals surface area (Å²) in [5, 5.41) is 0.681. The Hall–Kier alpha value is -2.67. The Kier molecular flexibility index (Phi) is 5.20. The molecule has 1 aromatic heterocycles. The predicted molar refractivity (Wildman–Crippen MR) is 102 cm³/mol. The van der Waals surface area contributed by atoms with E-state index in [9.17, 15) is 9.18 Å². The lowest BCUT2D eigenvalue weighted by atomic mass is 10.1. The first kappa shape index (κ1) is 17.7. The number of nitrogens with zero attached hydrogens (tertiary/aromatic N) is 2. The van der Waals surface area contributed by atoms with Crippen LogP contribution in [0.15, 0.2) is 48.5 Å². The Bertz CT molecular complexity index is 887. The van der Waals surface area contributed by atoms with E-state index in [1.807, 2.05) is 24.3 Å². The smallest absolute Gasteiger partial charge is 0.274 e. The van der Waals surface area contributed by atoms with Crippen molar-refractivity contribution in [2.75, 3.05) is 19.7 Å². The molecule has 0 atom stereocenters. The highest BCUT2D eigenvalue weighted by atomic mass is 32.1. The SMILES string of the molecule is O=C(COc1ccc(F)cc1)N1CCC(Oc2nc3ccccc3s2)CC1. The molecule has 0 bridgehead atoms. The molecule has 4 rings (SSSR count). The quantitative estimate of drug-likeness (QED) is 0.668. The van der Waals surface area contributed by atoms with Crippen LogP contribution in [0.3, 0.4) is 0 Å². The summed E-state index contributed by atoms with van der Waals surface area (Å²) in [6, 6.07) is 13.6. The molecule has 3 aromatic rings. The van der Waals surface area contributed by atoms with Crippen LogP contribution in [-0.4, -0.2) is 41.6 Å². The lowest BCUT2D eigenvalue weighted by Gasteiger charge is -2.31. The van der Waals surface area contributed by atoms with E-state index in [2.05, 4.69) is 4.98 Å². The van der Waals surface area contributed by atoms with Crippen LogP contribution in [0.4, 0.5) is 4.39 Å². The van der Waals surface area contributed by atoms with Crippen LogP contribution in [-0.2, 0) is 4.79 Å². The molecule has 7 heteroatoms. The first-order valence-corrected chi connectivity index (χ1v) is 9.67. The second-order valence-electron chi connectivity index (χ2n) is 6.39. The maximum Gasteiger partial charge on any atom is 0.274 e. The highest BCUT2D eigenvalue weighted by Crippen LogP contribution is 2.29. The van der Waals surface area contributed by atoms with Crippen LogP contribution in [0.2, 0.25) is 0 Å². The van der Waals surface area contributed by atoms with Gasteiger partial charge in [-0.2, -0.15) is 0 Å². The summed E-state index contributed by atoms with van der Waals surface area (Å²) in [5.41, 5.74) is 0.947. The summed E-state index contributed by atoms with van der Waals surface area (Å²) < 4.78 is 25.4. The van der Waals surface area contributed by atoms with Gasteiger partial charge in [-0.1, -0.05) is 23.5 Å². The molecule has 0 spiro atoms. The molecule has 1 fully saturated rings. The fraction of sp³-hybridized carbons (Fsp3) is 0.300. The van der Waals surface area contributed by atoms with Crippen molar-refractivity contribution in [3.05, 3.63) is 54.3 Å². The van der Waals surface area contributed by atoms with Gasteiger partial charge in [0.25, 0.3) is 11.1 Å². The normalized spacial score (nSPS) is 15.1. The largest absolute Gasteiger partial charge is 0.484 e. The van der Waals surface area contributed by atoms with Gasteiger partial charge in [-0.05, 0) is 36.4 Å². The van der Waals surface area contributed by atoms with Crippen LogP contribution in [0, 0.1) is 5.82 Å². The molecule has 0 aliphatic carbocycles. The van der Waals surface area contributed by atoms with Gasteiger partial charge in [0, 0.05) is 25.9 Å². The van der Waals surface area contributed by atoms with Gasteiger partial charge in [0.15, 0.2) is 6.61 Å². The van der Waals surface area contributed by atoms with Gasteiger partial charge in [-0.3, -0.25) is 4.79 Å². The Morgan fingerprint density at radius 3 is 2.63 bits per heavy atom. The number of hydrogen-bond donors (Lipinski definition) is 0. The number of aromatic nitrogens is 1. The highest BCUT2D eigenvalue weighted by Gasteiger charge is 2.25. The standard InChI is InChI=1S/C20H19FN2O3S/c21-14-5-7-15(8-6-14)25-13-19(24)23-11-9-16(10-12-23)26-20-22-17-3-1-2-4-18(17)27-20/h1-8,16H,9-13H2. The Morgan fingerprint density at radius 1 is 1.15 bits per heavy atom. The molecular formula is C20H19FN2O3S. The van der Waals surface area contributed by atoms with Crippen LogP contribution < -0.4 is 9.47 Å². The molecule has 0 unspecified atom stereocenters. The van der Waals surface area contributed by atoms with Gasteiger partial charge in [-0.15, -0.1) is 0 Å². The molecule has 2 aromatic carbocycles. The maximum atomic E-state index is 12.9. The number of benzene rings is 2. The number of thiazole rings is 1. The third-order valence-corrected chi connectivity index (χ3v) is 5.44. The van der Waals surface area contributed by atoms with E-state index >= 15 is 0 Å². The summed E-state index contributed by atoms with van der Waals surface area (Å²) in [6.45, 7) is 1.21. The number of piperidine rings is 1. The van der Waals surface area contributed by atoms with E-state index in [0.29, 0.717) is 24.0 Å². The van der Waals surface area contributed by atoms with Crippen molar-refractivity contribution < 1.29 is 18.7 Å². The highest BCUT2D eigenvalue weighted by molar-refractivity contribution is 7.20. The zero-order chi connectivity index (χ0) is 18.6. The summed E-state index contributed by atoms with van der Waals surface area (Å²) >= 11 is 1.54. The number of rotatable bonds is 5. The van der Waals surface area contributed by atoms with Crippen molar-refractivity contribution in [3.63, 3.8) is 0 Å². The number of likely N-dealkylation sites (tertiary alicyclic amines) is 1. The van der Waals surface area contributed by atoms with Crippen LogP contribution in [0.1, 0.15) is 12.8 Å². The molecule has 1 aliphatic heterocycles. The van der Waals surface area contributed by atoms with Crippen LogP contribution in [0.5, 0.6) is 10.9 Å². The van der Waals surface area contributed by atoms with Gasteiger partial charge in [0.1, 0.15) is 17.7 Å². The van der Waals surface area contributed by atoms with Crippen molar-refractivity contribution in [2.24, 2.45) is 0 Å². The second-order valence-corrected chi connectivity index (χ2v) is 7.38. The first-order chi connectivity index (χ1) is 13.2. The second kappa shape index (κ2) is 7.92. The number of carbonyl (C=O) groups is 1. The molecule has 1 amide bonds. The summed E-state index contributed by atoms with van der Waals surface area (Å²) in [4.78, 5) is 18.6. The molecule has 2 heterocycles. The average molecular weight is 386 g/mol. The van der Waals surface area contributed by atoms with Gasteiger partial charge < -0.3 is 14.4 Å². The zero-order valence-corrected chi connectivity index (χ0v) is 15.5. The maximum absolute atomic E-state index is 12.9. The lowest BCUT2D eigenvalue weighted by Crippen LogP contribution is -2.43. The van der Waals surface area contributed by atoms with Crippen molar-refractivity contribution in [1.29, 1.82) is 0 Å². The molecule has 27 heavy (non-hydrogen) atoms. The average Bonchev–Trinajstić information content (AvgIpc) is 3.10. The molecule has 0 N–H and O–H groups in total. The minimum Gasteiger partial charge on any atom is -0.484 e. The van der Waals surface area contributed by atoms with Gasteiger partial charge >= 0.3 is 0 Å². The predicted octanol–water partition coefficient (Wildman–Crippen LogP) is 3.88. The Morgan fingerprint density at radius 2 is 1.89 bits per heavy atom. The Balaban J connectivity index is 1.25. The van der Waals surface area contributed by atoms with Gasteiger partial charge in [0.2, 0.25) is 0 Å². The monoisotopic (exact) mass is 386 g/mol. The minimum absolute atomic E-state index is 0.0466. The van der Waals surface area contributed by atoms with Gasteiger partial charge in [0.05, 0.1) is 10.2 Å². The number of para-hydroxylation sites is 1. The van der Waals surface area contributed by atoms with Crippen molar-refractivity contribution >= 4 is 27.5 Å². The molecule has 1 saturated heterocycles. The van der Waals surface area contributed by atoms with Crippen molar-refractivity contribution in [1.82, 2.24) is 9.88 Å². The molecular weight excluding hydrogens is 367 g/mol. The first-order valence-electron chi connectivity index (χ1n) is 8.86.